The zero-order valence-corrected chi connectivity index (χ0v) is 16.3. The fourth-order valence-electron chi connectivity index (χ4n) is 3.01. The highest BCUT2D eigenvalue weighted by Crippen LogP contribution is 2.37. The lowest BCUT2D eigenvalue weighted by atomic mass is 10.1. The first-order chi connectivity index (χ1) is 13.8. The molecule has 1 aromatic heterocycles. The number of carbonyl (C=O) groups excluding carboxylic acids is 1. The molecule has 0 amide bonds. The van der Waals surface area contributed by atoms with Crippen LogP contribution in [-0.2, 0) is 27.4 Å². The van der Waals surface area contributed by atoms with Gasteiger partial charge in [0.2, 0.25) is 5.75 Å². The van der Waals surface area contributed by atoms with Crippen molar-refractivity contribution in [2.24, 2.45) is 0 Å². The molecule has 1 aromatic carbocycles. The molecule has 0 saturated carbocycles. The van der Waals surface area contributed by atoms with Gasteiger partial charge in [-0.2, -0.15) is 0 Å². The number of rotatable bonds is 5. The molecule has 0 aliphatic carbocycles. The van der Waals surface area contributed by atoms with Gasteiger partial charge in [-0.15, -0.1) is 0 Å². The van der Waals surface area contributed by atoms with Crippen LogP contribution in [-0.4, -0.2) is 46.7 Å². The van der Waals surface area contributed by atoms with E-state index in [-0.39, 0.29) is 36.0 Å². The standard InChI is InChI=1S/C17H17ClFN3O7/c1-9(17(24)27-2)29-13-8-11(19)10(7-12(13)22(25)26)14-15(18)20-3-5-28-6-4-21(20)16(14)23/h7-9H,3-6H2,1-2H3/t9-/m1/s1. The Morgan fingerprint density at radius 1 is 1.34 bits per heavy atom. The van der Waals surface area contributed by atoms with Crippen LogP contribution in [0.25, 0.3) is 11.1 Å². The third kappa shape index (κ3) is 3.83. The number of benzene rings is 1. The van der Waals surface area contributed by atoms with Crippen molar-refractivity contribution in [3.05, 3.63) is 43.6 Å². The predicted octanol–water partition coefficient (Wildman–Crippen LogP) is 1.99. The highest BCUT2D eigenvalue weighted by molar-refractivity contribution is 6.32. The van der Waals surface area contributed by atoms with E-state index >= 15 is 0 Å². The van der Waals surface area contributed by atoms with Crippen molar-refractivity contribution in [3.8, 4) is 16.9 Å². The van der Waals surface area contributed by atoms with Crippen molar-refractivity contribution in [2.75, 3.05) is 20.3 Å². The second kappa shape index (κ2) is 8.21. The van der Waals surface area contributed by atoms with Gasteiger partial charge < -0.3 is 14.2 Å². The number of hydrogen-bond acceptors (Lipinski definition) is 7. The van der Waals surface area contributed by atoms with E-state index in [4.69, 9.17) is 21.1 Å². The van der Waals surface area contributed by atoms with Crippen LogP contribution in [0.2, 0.25) is 5.15 Å². The SMILES string of the molecule is COC(=O)[C@@H](C)Oc1cc(F)c(-c2c(Cl)n3n(c2=O)CCOCC3)cc1[N+](=O)[O-]. The summed E-state index contributed by atoms with van der Waals surface area (Å²) in [5, 5.41) is 11.4. The third-order valence-electron chi connectivity index (χ3n) is 4.42. The van der Waals surface area contributed by atoms with Crippen molar-refractivity contribution < 1.29 is 28.3 Å². The average molecular weight is 430 g/mol. The summed E-state index contributed by atoms with van der Waals surface area (Å²) in [5.41, 5.74) is -1.74. The molecule has 1 aliphatic rings. The van der Waals surface area contributed by atoms with Gasteiger partial charge in [0.15, 0.2) is 6.10 Å². The maximum Gasteiger partial charge on any atom is 0.346 e. The number of aromatic nitrogens is 2. The van der Waals surface area contributed by atoms with E-state index in [9.17, 15) is 24.1 Å². The summed E-state index contributed by atoms with van der Waals surface area (Å²) in [6.07, 6.45) is -1.20. The minimum absolute atomic E-state index is 0.0507. The molecule has 0 saturated heterocycles. The average Bonchev–Trinajstić information content (AvgIpc) is 2.85. The van der Waals surface area contributed by atoms with Crippen LogP contribution < -0.4 is 10.3 Å². The fourth-order valence-corrected chi connectivity index (χ4v) is 3.37. The van der Waals surface area contributed by atoms with Crippen molar-refractivity contribution in [1.29, 1.82) is 0 Å². The maximum atomic E-state index is 14.9. The van der Waals surface area contributed by atoms with Crippen molar-refractivity contribution >= 4 is 23.3 Å². The molecule has 10 nitrogen and oxygen atoms in total. The molecule has 0 N–H and O–H groups in total. The van der Waals surface area contributed by atoms with Gasteiger partial charge in [0.25, 0.3) is 5.56 Å². The van der Waals surface area contributed by atoms with Gasteiger partial charge in [0.1, 0.15) is 11.0 Å². The highest BCUT2D eigenvalue weighted by atomic mass is 35.5. The zero-order chi connectivity index (χ0) is 21.3. The Kier molecular flexibility index (Phi) is 5.89. The third-order valence-corrected chi connectivity index (χ3v) is 4.80. The molecule has 2 heterocycles. The van der Waals surface area contributed by atoms with Gasteiger partial charge in [-0.05, 0) is 6.92 Å². The van der Waals surface area contributed by atoms with E-state index in [1.807, 2.05) is 0 Å². The summed E-state index contributed by atoms with van der Waals surface area (Å²) in [4.78, 5) is 35.0. The van der Waals surface area contributed by atoms with Crippen LogP contribution in [0.1, 0.15) is 6.92 Å². The van der Waals surface area contributed by atoms with E-state index in [2.05, 4.69) is 4.74 Å². The van der Waals surface area contributed by atoms with Crippen LogP contribution in [0, 0.1) is 15.9 Å². The Bertz CT molecular complexity index is 1030. The van der Waals surface area contributed by atoms with E-state index in [1.54, 1.807) is 0 Å². The number of hydrogen-bond donors (Lipinski definition) is 0. The summed E-state index contributed by atoms with van der Waals surface area (Å²) in [5.74, 6) is -2.22. The monoisotopic (exact) mass is 429 g/mol. The fraction of sp³-hybridized carbons (Fsp3) is 0.412. The number of esters is 1. The normalized spacial score (nSPS) is 14.6. The van der Waals surface area contributed by atoms with Crippen LogP contribution in [0.15, 0.2) is 16.9 Å². The van der Waals surface area contributed by atoms with E-state index < -0.39 is 39.8 Å². The van der Waals surface area contributed by atoms with Gasteiger partial charge in [-0.25, -0.2) is 13.9 Å². The first-order valence-electron chi connectivity index (χ1n) is 8.55. The molecule has 1 atom stereocenters. The molecule has 0 radical (unpaired) electrons. The smallest absolute Gasteiger partial charge is 0.346 e. The number of nitro groups is 1. The number of nitro benzene ring substituents is 1. The molecule has 156 valence electrons. The van der Waals surface area contributed by atoms with Gasteiger partial charge in [0, 0.05) is 17.7 Å². The van der Waals surface area contributed by atoms with Crippen LogP contribution in [0.4, 0.5) is 10.1 Å². The molecule has 0 bridgehead atoms. The van der Waals surface area contributed by atoms with E-state index in [1.165, 1.54) is 16.3 Å². The minimum Gasteiger partial charge on any atom is -0.472 e. The summed E-state index contributed by atoms with van der Waals surface area (Å²) < 4.78 is 32.6. The van der Waals surface area contributed by atoms with Crippen molar-refractivity contribution in [3.63, 3.8) is 0 Å². The molecular formula is C17H17ClFN3O7. The van der Waals surface area contributed by atoms with Gasteiger partial charge >= 0.3 is 11.7 Å². The number of halogens is 2. The summed E-state index contributed by atoms with van der Waals surface area (Å²) >= 11 is 6.30. The second-order valence-corrected chi connectivity index (χ2v) is 6.53. The maximum absolute atomic E-state index is 14.9. The van der Waals surface area contributed by atoms with E-state index in [0.29, 0.717) is 6.61 Å². The number of nitrogens with zero attached hydrogens (tertiary/aromatic N) is 3. The van der Waals surface area contributed by atoms with E-state index in [0.717, 1.165) is 19.2 Å². The Morgan fingerprint density at radius 3 is 2.62 bits per heavy atom. The minimum atomic E-state index is -1.20. The predicted molar refractivity (Wildman–Crippen MR) is 98.7 cm³/mol. The Morgan fingerprint density at radius 2 is 2.00 bits per heavy atom. The summed E-state index contributed by atoms with van der Waals surface area (Å²) in [7, 11) is 1.12. The first-order valence-corrected chi connectivity index (χ1v) is 8.93. The zero-order valence-electron chi connectivity index (χ0n) is 15.5. The Labute approximate surface area is 168 Å². The van der Waals surface area contributed by atoms with Crippen molar-refractivity contribution in [1.82, 2.24) is 9.36 Å². The molecule has 2 aromatic rings. The number of methoxy groups -OCH3 is 1. The van der Waals surface area contributed by atoms with Crippen molar-refractivity contribution in [2.45, 2.75) is 26.1 Å². The Balaban J connectivity index is 2.13. The number of fused-ring (bicyclic) bond motifs is 1. The molecule has 0 fully saturated rings. The van der Waals surface area contributed by atoms with Gasteiger partial charge in [-0.3, -0.25) is 19.6 Å². The second-order valence-electron chi connectivity index (χ2n) is 6.17. The van der Waals surface area contributed by atoms with Crippen LogP contribution in [0.5, 0.6) is 5.75 Å². The van der Waals surface area contributed by atoms with Gasteiger partial charge in [-0.1, -0.05) is 11.6 Å². The molecule has 0 unspecified atom stereocenters. The quantitative estimate of drug-likeness (QED) is 0.405. The lowest BCUT2D eigenvalue weighted by molar-refractivity contribution is -0.386. The lowest BCUT2D eigenvalue weighted by Crippen LogP contribution is -2.25. The largest absolute Gasteiger partial charge is 0.472 e. The molecule has 0 spiro atoms. The molecular weight excluding hydrogens is 413 g/mol. The van der Waals surface area contributed by atoms with Crippen LogP contribution in [0.3, 0.4) is 0 Å². The molecule has 12 heteroatoms. The van der Waals surface area contributed by atoms with Crippen LogP contribution >= 0.6 is 11.6 Å². The topological polar surface area (TPSA) is 115 Å². The summed E-state index contributed by atoms with van der Waals surface area (Å²) in [6, 6.07) is 1.62. The first kappa shape index (κ1) is 20.8. The highest BCUT2D eigenvalue weighted by Gasteiger charge is 2.29. The number of ether oxygens (including phenoxy) is 3. The molecule has 29 heavy (non-hydrogen) atoms. The number of carbonyl (C=O) groups is 1. The lowest BCUT2D eigenvalue weighted by Gasteiger charge is -2.13. The van der Waals surface area contributed by atoms with Gasteiger partial charge in [0.05, 0.1) is 43.9 Å². The molecule has 1 aliphatic heterocycles. The summed E-state index contributed by atoms with van der Waals surface area (Å²) in [6.45, 7) is 2.38. The molecule has 3 rings (SSSR count). The Hall–Kier alpha value is -2.92.